The molecule has 0 unspecified atom stereocenters. The molecule has 0 bridgehead atoms. The van der Waals surface area contributed by atoms with E-state index >= 15 is 0 Å². The lowest BCUT2D eigenvalue weighted by Gasteiger charge is -2.34. The Morgan fingerprint density at radius 2 is 2.04 bits per heavy atom. The van der Waals surface area contributed by atoms with Crippen molar-refractivity contribution in [3.05, 3.63) is 0 Å². The molecule has 6 heteroatoms. The van der Waals surface area contributed by atoms with Gasteiger partial charge >= 0.3 is 0 Å². The Kier molecular flexibility index (Phi) is 6.28. The molecule has 6 nitrogen and oxygen atoms in total. The van der Waals surface area contributed by atoms with Crippen molar-refractivity contribution in [2.45, 2.75) is 38.3 Å². The van der Waals surface area contributed by atoms with E-state index in [9.17, 15) is 4.79 Å². The minimum Gasteiger partial charge on any atom is -0.379 e. The smallest absolute Gasteiger partial charge is 0.248 e. The fourth-order valence-corrected chi connectivity index (χ4v) is 3.93. The van der Waals surface area contributed by atoms with Gasteiger partial charge in [0.15, 0.2) is 0 Å². The lowest BCUT2D eigenvalue weighted by Crippen LogP contribution is -2.47. The summed E-state index contributed by atoms with van der Waals surface area (Å²) in [5, 5.41) is 0. The van der Waals surface area contributed by atoms with E-state index in [1.165, 1.54) is 0 Å². The van der Waals surface area contributed by atoms with Crippen LogP contribution in [0.2, 0.25) is 0 Å². The van der Waals surface area contributed by atoms with E-state index in [1.54, 1.807) is 0 Å². The lowest BCUT2D eigenvalue weighted by atomic mass is 9.99. The molecule has 0 aromatic heterocycles. The zero-order chi connectivity index (χ0) is 16.1. The first-order chi connectivity index (χ1) is 11.3. The quantitative estimate of drug-likeness (QED) is 0.721. The van der Waals surface area contributed by atoms with Gasteiger partial charge in [-0.2, -0.15) is 0 Å². The van der Waals surface area contributed by atoms with Crippen molar-refractivity contribution in [3.8, 4) is 0 Å². The van der Waals surface area contributed by atoms with Crippen LogP contribution in [0, 0.1) is 5.92 Å². The fraction of sp³-hybridized carbons (Fsp3) is 0.941. The standard InChI is InChI=1S/C17H30N2O4/c1-2-14-10-19(11-16(14)18-5-8-21-9-6-18)17(20)13-22-12-15-4-3-7-23-15/h14-16H,2-13H2,1H3/t14-,15+,16+/m1/s1. The highest BCUT2D eigenvalue weighted by atomic mass is 16.5. The summed E-state index contributed by atoms with van der Waals surface area (Å²) in [5.41, 5.74) is 0. The van der Waals surface area contributed by atoms with Crippen molar-refractivity contribution in [3.63, 3.8) is 0 Å². The monoisotopic (exact) mass is 326 g/mol. The van der Waals surface area contributed by atoms with Crippen LogP contribution in [0.25, 0.3) is 0 Å². The second kappa shape index (κ2) is 8.42. The number of rotatable bonds is 6. The van der Waals surface area contributed by atoms with E-state index < -0.39 is 0 Å². The number of carbonyl (C=O) groups is 1. The molecule has 0 aliphatic carbocycles. The van der Waals surface area contributed by atoms with Crippen molar-refractivity contribution in [2.24, 2.45) is 5.92 Å². The van der Waals surface area contributed by atoms with Crippen LogP contribution in [0.5, 0.6) is 0 Å². The maximum atomic E-state index is 12.4. The summed E-state index contributed by atoms with van der Waals surface area (Å²) in [4.78, 5) is 16.9. The number of morpholine rings is 1. The van der Waals surface area contributed by atoms with Gasteiger partial charge in [-0.25, -0.2) is 0 Å². The van der Waals surface area contributed by atoms with Crippen LogP contribution in [-0.4, -0.2) is 87.1 Å². The molecule has 3 atom stereocenters. The summed E-state index contributed by atoms with van der Waals surface area (Å²) in [6.07, 6.45) is 3.45. The maximum absolute atomic E-state index is 12.4. The molecule has 0 saturated carbocycles. The third-order valence-corrected chi connectivity index (χ3v) is 5.35. The van der Waals surface area contributed by atoms with Crippen LogP contribution in [0.1, 0.15) is 26.2 Å². The average Bonchev–Trinajstić information content (AvgIpc) is 3.25. The van der Waals surface area contributed by atoms with Gasteiger partial charge in [-0.3, -0.25) is 9.69 Å². The largest absolute Gasteiger partial charge is 0.379 e. The van der Waals surface area contributed by atoms with Crippen molar-refractivity contribution in [1.82, 2.24) is 9.80 Å². The molecule has 0 spiro atoms. The van der Waals surface area contributed by atoms with Crippen LogP contribution >= 0.6 is 0 Å². The minimum atomic E-state index is 0.122. The van der Waals surface area contributed by atoms with Crippen LogP contribution in [0.4, 0.5) is 0 Å². The molecule has 0 aromatic rings. The number of ether oxygens (including phenoxy) is 3. The van der Waals surface area contributed by atoms with Gasteiger partial charge in [-0.05, 0) is 18.8 Å². The molecule has 0 aromatic carbocycles. The van der Waals surface area contributed by atoms with E-state index in [-0.39, 0.29) is 18.6 Å². The minimum absolute atomic E-state index is 0.122. The molecule has 3 fully saturated rings. The van der Waals surface area contributed by atoms with Gasteiger partial charge in [-0.1, -0.05) is 13.3 Å². The second-order valence-corrected chi connectivity index (χ2v) is 6.83. The van der Waals surface area contributed by atoms with Gasteiger partial charge in [0.1, 0.15) is 6.61 Å². The first kappa shape index (κ1) is 17.1. The van der Waals surface area contributed by atoms with Gasteiger partial charge in [0.2, 0.25) is 5.91 Å². The summed E-state index contributed by atoms with van der Waals surface area (Å²) >= 11 is 0. The first-order valence-electron chi connectivity index (χ1n) is 9.07. The Hall–Kier alpha value is -0.690. The first-order valence-corrected chi connectivity index (χ1v) is 9.07. The average molecular weight is 326 g/mol. The zero-order valence-electron chi connectivity index (χ0n) is 14.2. The number of hydrogen-bond donors (Lipinski definition) is 0. The van der Waals surface area contributed by atoms with Gasteiger partial charge in [-0.15, -0.1) is 0 Å². The Labute approximate surface area is 139 Å². The van der Waals surface area contributed by atoms with Gasteiger partial charge < -0.3 is 19.1 Å². The second-order valence-electron chi connectivity index (χ2n) is 6.83. The van der Waals surface area contributed by atoms with Crippen molar-refractivity contribution >= 4 is 5.91 Å². The van der Waals surface area contributed by atoms with E-state index in [0.717, 1.165) is 65.3 Å². The molecule has 1 amide bonds. The molecular weight excluding hydrogens is 296 g/mol. The summed E-state index contributed by atoms with van der Waals surface area (Å²) in [6, 6.07) is 0.478. The third-order valence-electron chi connectivity index (χ3n) is 5.35. The van der Waals surface area contributed by atoms with E-state index in [4.69, 9.17) is 14.2 Å². The number of nitrogens with zero attached hydrogens (tertiary/aromatic N) is 2. The van der Waals surface area contributed by atoms with Crippen LogP contribution in [0.3, 0.4) is 0 Å². The van der Waals surface area contributed by atoms with Gasteiger partial charge in [0, 0.05) is 38.8 Å². The Morgan fingerprint density at radius 1 is 1.22 bits per heavy atom. The SMILES string of the molecule is CC[C@@H]1CN(C(=O)COC[C@@H]2CCCO2)C[C@@H]1N1CCOCC1. The third kappa shape index (κ3) is 4.44. The molecule has 3 heterocycles. The van der Waals surface area contributed by atoms with Gasteiger partial charge in [0.25, 0.3) is 0 Å². The number of likely N-dealkylation sites (tertiary alicyclic amines) is 1. The molecule has 23 heavy (non-hydrogen) atoms. The van der Waals surface area contributed by atoms with E-state index in [0.29, 0.717) is 18.6 Å². The molecule has 0 N–H and O–H groups in total. The molecule has 3 aliphatic rings. The highest BCUT2D eigenvalue weighted by Gasteiger charge is 2.38. The highest BCUT2D eigenvalue weighted by molar-refractivity contribution is 5.77. The van der Waals surface area contributed by atoms with Gasteiger partial charge in [0.05, 0.1) is 25.9 Å². The topological polar surface area (TPSA) is 51.2 Å². The summed E-state index contributed by atoms with van der Waals surface area (Å²) in [7, 11) is 0. The number of carbonyl (C=O) groups excluding carboxylic acids is 1. The summed E-state index contributed by atoms with van der Waals surface area (Å²) in [6.45, 7) is 9.07. The number of amides is 1. The molecule has 3 saturated heterocycles. The van der Waals surface area contributed by atoms with Crippen molar-refractivity contribution in [2.75, 3.05) is 59.2 Å². The fourth-order valence-electron chi connectivity index (χ4n) is 3.93. The molecule has 0 radical (unpaired) electrons. The van der Waals surface area contributed by atoms with E-state index in [2.05, 4.69) is 11.8 Å². The molecule has 3 aliphatic heterocycles. The summed E-state index contributed by atoms with van der Waals surface area (Å²) in [5.74, 6) is 0.687. The zero-order valence-corrected chi connectivity index (χ0v) is 14.2. The predicted octanol–water partition coefficient (Wildman–Crippen LogP) is 0.751. The van der Waals surface area contributed by atoms with Crippen LogP contribution in [0.15, 0.2) is 0 Å². The normalized spacial score (nSPS) is 32.6. The Morgan fingerprint density at radius 3 is 2.74 bits per heavy atom. The molecule has 132 valence electrons. The van der Waals surface area contributed by atoms with Crippen LogP contribution in [-0.2, 0) is 19.0 Å². The number of hydrogen-bond acceptors (Lipinski definition) is 5. The summed E-state index contributed by atoms with van der Waals surface area (Å²) < 4.78 is 16.6. The highest BCUT2D eigenvalue weighted by Crippen LogP contribution is 2.25. The maximum Gasteiger partial charge on any atom is 0.248 e. The lowest BCUT2D eigenvalue weighted by molar-refractivity contribution is -0.136. The van der Waals surface area contributed by atoms with Crippen molar-refractivity contribution in [1.29, 1.82) is 0 Å². The van der Waals surface area contributed by atoms with Crippen LogP contribution < -0.4 is 0 Å². The molecule has 3 rings (SSSR count). The van der Waals surface area contributed by atoms with E-state index in [1.807, 2.05) is 4.90 Å². The molecular formula is C17H30N2O4. The Bertz CT molecular complexity index is 381. The van der Waals surface area contributed by atoms with Crippen molar-refractivity contribution < 1.29 is 19.0 Å². The predicted molar refractivity (Wildman–Crippen MR) is 86.3 cm³/mol. The Balaban J connectivity index is 1.44.